The van der Waals surface area contributed by atoms with Crippen LogP contribution in [0.1, 0.15) is 12.1 Å². The van der Waals surface area contributed by atoms with Crippen LogP contribution in [0.3, 0.4) is 0 Å². The molecule has 4 heteroatoms. The molecule has 3 nitrogen and oxygen atoms in total. The number of aromatic nitrogens is 1. The molecule has 0 atom stereocenters. The van der Waals surface area contributed by atoms with E-state index in [1.165, 1.54) is 0 Å². The maximum Gasteiger partial charge on any atom is 0.0591 e. The average molecular weight is 285 g/mol. The number of nitrogens with one attached hydrogen (secondary N) is 1. The van der Waals surface area contributed by atoms with Crippen molar-refractivity contribution in [1.82, 2.24) is 10.3 Å². The summed E-state index contributed by atoms with van der Waals surface area (Å²) in [4.78, 5) is 4.26. The molecule has 1 N–H and O–H groups in total. The van der Waals surface area contributed by atoms with Gasteiger partial charge in [0, 0.05) is 23.8 Å². The lowest BCUT2D eigenvalue weighted by atomic mass is 10.3. The molecule has 1 rings (SSSR count). The fourth-order valence-corrected chi connectivity index (χ4v) is 1.38. The van der Waals surface area contributed by atoms with Gasteiger partial charge in [-0.25, -0.2) is 0 Å². The van der Waals surface area contributed by atoms with E-state index in [9.17, 15) is 0 Å². The number of pyridine rings is 1. The highest BCUT2D eigenvalue weighted by molar-refractivity contribution is 9.10. The van der Waals surface area contributed by atoms with Crippen molar-refractivity contribution in [2.24, 2.45) is 0 Å². The van der Waals surface area contributed by atoms with Crippen LogP contribution in [0.15, 0.2) is 35.5 Å². The molecule has 0 aliphatic heterocycles. The first kappa shape index (κ1) is 13.4. The van der Waals surface area contributed by atoms with E-state index in [-0.39, 0.29) is 0 Å². The summed E-state index contributed by atoms with van der Waals surface area (Å²) in [5.41, 5.74) is 1.04. The van der Waals surface area contributed by atoms with Gasteiger partial charge in [-0.1, -0.05) is 6.08 Å². The molecule has 1 aromatic heterocycles. The first-order valence-electron chi connectivity index (χ1n) is 5.32. The Labute approximate surface area is 105 Å². The van der Waals surface area contributed by atoms with Crippen molar-refractivity contribution < 1.29 is 4.74 Å². The largest absolute Gasteiger partial charge is 0.380 e. The van der Waals surface area contributed by atoms with Gasteiger partial charge in [-0.3, -0.25) is 4.98 Å². The number of hydrogen-bond donors (Lipinski definition) is 1. The Bertz CT molecular complexity index is 300. The molecule has 0 spiro atoms. The fourth-order valence-electron chi connectivity index (χ4n) is 1.14. The van der Waals surface area contributed by atoms with Gasteiger partial charge in [0.1, 0.15) is 0 Å². The van der Waals surface area contributed by atoms with Gasteiger partial charge < -0.3 is 10.1 Å². The normalized spacial score (nSPS) is 10.3. The molecule has 1 heterocycles. The Kier molecular flexibility index (Phi) is 7.05. The van der Waals surface area contributed by atoms with Crippen molar-refractivity contribution in [1.29, 1.82) is 0 Å². The van der Waals surface area contributed by atoms with Gasteiger partial charge in [0.05, 0.1) is 18.9 Å². The third kappa shape index (κ3) is 6.00. The summed E-state index contributed by atoms with van der Waals surface area (Å²) in [7, 11) is 0. The summed E-state index contributed by atoms with van der Waals surface area (Å²) in [6, 6.07) is 3.99. The van der Waals surface area contributed by atoms with Gasteiger partial charge in [0.2, 0.25) is 0 Å². The van der Waals surface area contributed by atoms with Crippen LogP contribution in [0.25, 0.3) is 0 Å². The van der Waals surface area contributed by atoms with E-state index in [0.29, 0.717) is 0 Å². The fraction of sp³-hybridized carbons (Fsp3) is 0.417. The lowest BCUT2D eigenvalue weighted by Crippen LogP contribution is -2.19. The number of rotatable bonds is 8. The molecular formula is C12H17BrN2O. The summed E-state index contributed by atoms with van der Waals surface area (Å²) >= 11 is 3.35. The van der Waals surface area contributed by atoms with E-state index in [1.54, 1.807) is 6.20 Å². The van der Waals surface area contributed by atoms with E-state index in [4.69, 9.17) is 4.74 Å². The van der Waals surface area contributed by atoms with Gasteiger partial charge >= 0.3 is 0 Å². The van der Waals surface area contributed by atoms with Gasteiger partial charge in [-0.15, -0.1) is 6.58 Å². The highest BCUT2D eigenvalue weighted by Gasteiger charge is 1.94. The molecule has 1 aromatic rings. The minimum atomic E-state index is 0.727. The van der Waals surface area contributed by atoms with Crippen molar-refractivity contribution in [3.05, 3.63) is 41.2 Å². The molecular weight excluding hydrogens is 268 g/mol. The quantitative estimate of drug-likeness (QED) is 0.588. The molecule has 0 aliphatic carbocycles. The van der Waals surface area contributed by atoms with Gasteiger partial charge in [-0.05, 0) is 34.5 Å². The minimum absolute atomic E-state index is 0.727. The molecule has 0 aromatic carbocycles. The van der Waals surface area contributed by atoms with Crippen molar-refractivity contribution in [3.8, 4) is 0 Å². The molecule has 16 heavy (non-hydrogen) atoms. The molecule has 88 valence electrons. The molecule has 0 aliphatic rings. The van der Waals surface area contributed by atoms with E-state index < -0.39 is 0 Å². The maximum absolute atomic E-state index is 5.37. The van der Waals surface area contributed by atoms with E-state index in [0.717, 1.165) is 42.9 Å². The van der Waals surface area contributed by atoms with Crippen LogP contribution in [0.2, 0.25) is 0 Å². The number of ether oxygens (including phenoxy) is 1. The smallest absolute Gasteiger partial charge is 0.0591 e. The molecule has 0 saturated heterocycles. The first-order valence-corrected chi connectivity index (χ1v) is 6.12. The Morgan fingerprint density at radius 2 is 2.31 bits per heavy atom. The predicted octanol–water partition coefficient (Wildman–Crippen LogP) is 2.53. The lowest BCUT2D eigenvalue weighted by molar-refractivity contribution is 0.140. The maximum atomic E-state index is 5.37. The van der Waals surface area contributed by atoms with Crippen LogP contribution < -0.4 is 5.32 Å². The van der Waals surface area contributed by atoms with Crippen LogP contribution in [0, 0.1) is 0 Å². The van der Waals surface area contributed by atoms with Crippen molar-refractivity contribution in [2.45, 2.75) is 13.0 Å². The topological polar surface area (TPSA) is 34.1 Å². The van der Waals surface area contributed by atoms with E-state index in [2.05, 4.69) is 32.8 Å². The van der Waals surface area contributed by atoms with Gasteiger partial charge in [0.15, 0.2) is 0 Å². The summed E-state index contributed by atoms with van der Waals surface area (Å²) in [6.45, 7) is 6.73. The van der Waals surface area contributed by atoms with Crippen molar-refractivity contribution in [3.63, 3.8) is 0 Å². The van der Waals surface area contributed by atoms with Gasteiger partial charge in [-0.2, -0.15) is 0 Å². The molecule has 0 fully saturated rings. The number of halogens is 1. The molecule has 0 radical (unpaired) electrons. The van der Waals surface area contributed by atoms with E-state index in [1.807, 2.05) is 18.2 Å². The Morgan fingerprint density at radius 1 is 1.44 bits per heavy atom. The first-order chi connectivity index (χ1) is 7.83. The zero-order valence-electron chi connectivity index (χ0n) is 9.29. The van der Waals surface area contributed by atoms with Gasteiger partial charge in [0.25, 0.3) is 0 Å². The monoisotopic (exact) mass is 284 g/mol. The summed E-state index contributed by atoms with van der Waals surface area (Å²) in [5, 5.41) is 3.27. The molecule has 0 bridgehead atoms. The van der Waals surface area contributed by atoms with Crippen molar-refractivity contribution >= 4 is 15.9 Å². The second-order valence-corrected chi connectivity index (χ2v) is 4.25. The zero-order chi connectivity index (χ0) is 11.6. The number of nitrogens with zero attached hydrogens (tertiary/aromatic N) is 1. The summed E-state index contributed by atoms with van der Waals surface area (Å²) < 4.78 is 6.37. The Morgan fingerprint density at radius 3 is 3.00 bits per heavy atom. The lowest BCUT2D eigenvalue weighted by Gasteiger charge is -2.05. The predicted molar refractivity (Wildman–Crippen MR) is 69.3 cm³/mol. The highest BCUT2D eigenvalue weighted by atomic mass is 79.9. The second-order valence-electron chi connectivity index (χ2n) is 3.33. The van der Waals surface area contributed by atoms with Crippen molar-refractivity contribution in [2.75, 3.05) is 19.8 Å². The Hall–Kier alpha value is -0.710. The third-order valence-electron chi connectivity index (χ3n) is 1.98. The standard InChI is InChI=1S/C12H17BrN2O/c1-2-3-7-16-8-6-14-10-12-5-4-11(13)9-15-12/h2,4-5,9,14H,1,3,6-8,10H2. The van der Waals surface area contributed by atoms with Crippen LogP contribution in [-0.4, -0.2) is 24.7 Å². The Balaban J connectivity index is 2.02. The number of hydrogen-bond acceptors (Lipinski definition) is 3. The average Bonchev–Trinajstić information content (AvgIpc) is 2.30. The van der Waals surface area contributed by atoms with E-state index >= 15 is 0 Å². The van der Waals surface area contributed by atoms with Crippen LogP contribution >= 0.6 is 15.9 Å². The molecule has 0 unspecified atom stereocenters. The molecule has 0 saturated carbocycles. The molecule has 0 amide bonds. The minimum Gasteiger partial charge on any atom is -0.380 e. The SMILES string of the molecule is C=CCCOCCNCc1ccc(Br)cn1. The highest BCUT2D eigenvalue weighted by Crippen LogP contribution is 2.06. The summed E-state index contributed by atoms with van der Waals surface area (Å²) in [6.07, 6.45) is 4.57. The van der Waals surface area contributed by atoms with Crippen LogP contribution in [0.5, 0.6) is 0 Å². The third-order valence-corrected chi connectivity index (χ3v) is 2.45. The zero-order valence-corrected chi connectivity index (χ0v) is 10.9. The summed E-state index contributed by atoms with van der Waals surface area (Å²) in [5.74, 6) is 0. The second kappa shape index (κ2) is 8.44. The van der Waals surface area contributed by atoms with Crippen LogP contribution in [-0.2, 0) is 11.3 Å². The van der Waals surface area contributed by atoms with Crippen LogP contribution in [0.4, 0.5) is 0 Å².